The van der Waals surface area contributed by atoms with Crippen molar-refractivity contribution in [2.75, 3.05) is 66.5 Å². The normalized spacial score (nSPS) is 14.2. The van der Waals surface area contributed by atoms with Crippen molar-refractivity contribution in [2.24, 2.45) is 0 Å². The molecule has 152 valence electrons. The first-order valence-electron chi connectivity index (χ1n) is 10.2. The molecule has 0 aromatic heterocycles. The van der Waals surface area contributed by atoms with Gasteiger partial charge in [0.15, 0.2) is 26.2 Å². The summed E-state index contributed by atoms with van der Waals surface area (Å²) in [6.07, 6.45) is 0. The molecule has 0 aromatic carbocycles. The van der Waals surface area contributed by atoms with E-state index >= 15 is 0 Å². The van der Waals surface area contributed by atoms with Crippen molar-refractivity contribution in [1.29, 1.82) is 0 Å². The van der Waals surface area contributed by atoms with E-state index in [1.807, 2.05) is 0 Å². The van der Waals surface area contributed by atoms with E-state index in [-0.39, 0.29) is 9.62 Å². The van der Waals surface area contributed by atoms with E-state index in [0.29, 0.717) is 9.29 Å². The lowest BCUT2D eigenvalue weighted by Crippen LogP contribution is -2.67. The second-order valence-electron chi connectivity index (χ2n) is 7.00. The molecule has 0 radical (unpaired) electrons. The molecule has 0 saturated heterocycles. The van der Waals surface area contributed by atoms with Crippen LogP contribution in [0.1, 0.15) is 55.4 Å². The molecule has 0 spiro atoms. The van der Waals surface area contributed by atoms with E-state index in [4.69, 9.17) is 14.8 Å². The van der Waals surface area contributed by atoms with E-state index in [0.717, 1.165) is 52.4 Å². The fraction of sp³-hybridized carbons (Fsp3) is 1.00. The first-order valence-corrected chi connectivity index (χ1v) is 10.2. The maximum atomic E-state index is 6.62. The van der Waals surface area contributed by atoms with Crippen molar-refractivity contribution in [2.45, 2.75) is 55.4 Å². The molecule has 25 heavy (non-hydrogen) atoms. The highest BCUT2D eigenvalue weighted by Crippen LogP contribution is 2.25. The van der Waals surface area contributed by atoms with Gasteiger partial charge in [-0.15, -0.1) is 9.29 Å². The molecule has 0 unspecified atom stereocenters. The zero-order chi connectivity index (χ0) is 19.8. The van der Waals surface area contributed by atoms with E-state index in [9.17, 15) is 0 Å². The second kappa shape index (κ2) is 10.2. The van der Waals surface area contributed by atoms with Crippen LogP contribution in [-0.2, 0) is 14.8 Å². The van der Waals surface area contributed by atoms with Crippen LogP contribution in [0.3, 0.4) is 0 Å². The van der Waals surface area contributed by atoms with E-state index in [1.54, 1.807) is 0 Å². The lowest BCUT2D eigenvalue weighted by Gasteiger charge is -2.41. The standard InChI is InChI=1S/C18H46N4O3/c1-11-19(9,12-2)23-21(15-5,16-6)25-22(17-7,18-8)24-20(10,13-3)14-4/h11-18H2,1-10H3/q+4. The summed E-state index contributed by atoms with van der Waals surface area (Å²) in [5.74, 6) is 0. The maximum absolute atomic E-state index is 6.62. The van der Waals surface area contributed by atoms with Crippen LogP contribution in [0, 0.1) is 0 Å². The summed E-state index contributed by atoms with van der Waals surface area (Å²) in [5.41, 5.74) is 0. The van der Waals surface area contributed by atoms with Crippen molar-refractivity contribution in [3.05, 3.63) is 0 Å². The molecule has 0 amide bonds. The SMILES string of the molecule is CC[N+](C)(CC)O[N+](CC)(CC)O[N+](CC)(CC)O[N+](C)(CC)CC. The van der Waals surface area contributed by atoms with Crippen LogP contribution in [-0.4, -0.2) is 85.4 Å². The molecular weight excluding hydrogens is 320 g/mol. The molecule has 0 saturated carbocycles. The Balaban J connectivity index is 5.72. The summed E-state index contributed by atoms with van der Waals surface area (Å²) in [4.78, 5) is 19.9. The Kier molecular flexibility index (Phi) is 10.0. The molecule has 0 N–H and O–H groups in total. The smallest absolute Gasteiger partial charge is 0.127 e. The highest BCUT2D eigenvalue weighted by Gasteiger charge is 2.52. The molecule has 0 aromatic rings. The van der Waals surface area contributed by atoms with Crippen LogP contribution in [0.4, 0.5) is 0 Å². The van der Waals surface area contributed by atoms with Crippen molar-refractivity contribution in [3.63, 3.8) is 0 Å². The summed E-state index contributed by atoms with van der Waals surface area (Å²) in [7, 11) is 4.21. The fourth-order valence-corrected chi connectivity index (χ4v) is 2.61. The third-order valence-electron chi connectivity index (χ3n) is 5.59. The fourth-order valence-electron chi connectivity index (χ4n) is 2.61. The number of hydrogen-bond acceptors (Lipinski definition) is 3. The Morgan fingerprint density at radius 3 is 0.800 bits per heavy atom. The van der Waals surface area contributed by atoms with Gasteiger partial charge >= 0.3 is 0 Å². The van der Waals surface area contributed by atoms with Crippen LogP contribution < -0.4 is 0 Å². The number of quaternary nitrogens is 4. The molecule has 0 heterocycles. The van der Waals surface area contributed by atoms with Crippen LogP contribution in [0.2, 0.25) is 0 Å². The minimum Gasteiger partial charge on any atom is -0.127 e. The summed E-state index contributed by atoms with van der Waals surface area (Å²) in [5, 5.41) is 0. The summed E-state index contributed by atoms with van der Waals surface area (Å²) in [6, 6.07) is 0. The molecule has 0 fully saturated rings. The molecule has 0 bridgehead atoms. The van der Waals surface area contributed by atoms with Gasteiger partial charge in [-0.2, -0.15) is 0 Å². The zero-order valence-electron chi connectivity index (χ0n) is 18.7. The largest absolute Gasteiger partial charge is 0.151 e. The van der Waals surface area contributed by atoms with E-state index < -0.39 is 0 Å². The van der Waals surface area contributed by atoms with Crippen molar-refractivity contribution < 1.29 is 33.7 Å². The van der Waals surface area contributed by atoms with E-state index in [2.05, 4.69) is 69.5 Å². The highest BCUT2D eigenvalue weighted by atomic mass is 17.2. The first-order chi connectivity index (χ1) is 11.6. The Morgan fingerprint density at radius 1 is 0.400 bits per heavy atom. The Bertz CT molecular complexity index is 329. The van der Waals surface area contributed by atoms with Crippen molar-refractivity contribution in [3.8, 4) is 0 Å². The van der Waals surface area contributed by atoms with Gasteiger partial charge in [0.05, 0.1) is 14.6 Å². The molecule has 0 aliphatic carbocycles. The Labute approximate surface area is 156 Å². The predicted octanol–water partition coefficient (Wildman–Crippen LogP) is 3.21. The maximum Gasteiger partial charge on any atom is 0.151 e. The summed E-state index contributed by atoms with van der Waals surface area (Å²) >= 11 is 0. The molecule has 7 nitrogen and oxygen atoms in total. The van der Waals surface area contributed by atoms with E-state index in [1.165, 1.54) is 0 Å². The molecule has 0 atom stereocenters. The van der Waals surface area contributed by atoms with Crippen molar-refractivity contribution >= 4 is 0 Å². The number of rotatable bonds is 14. The average Bonchev–Trinajstić information content (AvgIpc) is 2.66. The minimum atomic E-state index is 0.118. The molecule has 0 aliphatic heterocycles. The van der Waals surface area contributed by atoms with Crippen LogP contribution >= 0.6 is 0 Å². The van der Waals surface area contributed by atoms with Gasteiger partial charge in [-0.05, 0) is 55.4 Å². The van der Waals surface area contributed by atoms with Gasteiger partial charge in [0, 0.05) is 9.88 Å². The van der Waals surface area contributed by atoms with Gasteiger partial charge in [-0.1, -0.05) is 0 Å². The monoisotopic (exact) mass is 366 g/mol. The lowest BCUT2D eigenvalue weighted by atomic mass is 10.5. The average molecular weight is 367 g/mol. The third kappa shape index (κ3) is 6.43. The summed E-state index contributed by atoms with van der Waals surface area (Å²) in [6.45, 7) is 23.4. The molecule has 0 aliphatic rings. The van der Waals surface area contributed by atoms with Gasteiger partial charge in [-0.25, -0.2) is 0 Å². The van der Waals surface area contributed by atoms with Crippen LogP contribution in [0.5, 0.6) is 0 Å². The summed E-state index contributed by atoms with van der Waals surface area (Å²) < 4.78 is 1.01. The van der Waals surface area contributed by atoms with Crippen molar-refractivity contribution in [1.82, 2.24) is 0 Å². The number of nitrogens with zero attached hydrogens (tertiary/aromatic N) is 4. The van der Waals surface area contributed by atoms with Gasteiger partial charge in [0.1, 0.15) is 40.3 Å². The predicted molar refractivity (Wildman–Crippen MR) is 100 cm³/mol. The Morgan fingerprint density at radius 2 is 0.640 bits per heavy atom. The highest BCUT2D eigenvalue weighted by molar-refractivity contribution is 4.17. The van der Waals surface area contributed by atoms with Gasteiger partial charge in [0.2, 0.25) is 0 Å². The number of hydrogen-bond donors (Lipinski definition) is 0. The molecular formula is C18H46N4O3+4. The van der Waals surface area contributed by atoms with Gasteiger partial charge < -0.3 is 0 Å². The van der Waals surface area contributed by atoms with Crippen LogP contribution in [0.15, 0.2) is 0 Å². The Hall–Kier alpha value is -0.280. The molecule has 0 rings (SSSR count). The first kappa shape index (κ1) is 24.7. The van der Waals surface area contributed by atoms with Gasteiger partial charge in [0.25, 0.3) is 0 Å². The lowest BCUT2D eigenvalue weighted by molar-refractivity contribution is -1.56. The van der Waals surface area contributed by atoms with Crippen LogP contribution in [0.25, 0.3) is 0 Å². The second-order valence-corrected chi connectivity index (χ2v) is 7.00. The van der Waals surface area contributed by atoms with Gasteiger partial charge in [-0.3, -0.25) is 0 Å². The quantitative estimate of drug-likeness (QED) is 0.349. The third-order valence-corrected chi connectivity index (χ3v) is 5.59. The topological polar surface area (TPSA) is 27.7 Å². The minimum absolute atomic E-state index is 0.118. The number of hydroxylamine groups is 14. The molecule has 7 heteroatoms. The zero-order valence-corrected chi connectivity index (χ0v) is 18.7.